The van der Waals surface area contributed by atoms with E-state index in [2.05, 4.69) is 122 Å². The van der Waals surface area contributed by atoms with Crippen molar-refractivity contribution in [3.05, 3.63) is 119 Å². The lowest BCUT2D eigenvalue weighted by Crippen LogP contribution is -2.16. The Hall–Kier alpha value is -3.88. The molecular formula is C35H32N2. The van der Waals surface area contributed by atoms with E-state index in [0.717, 1.165) is 12.0 Å². The largest absolute Gasteiger partial charge is 0.326 e. The molecule has 5 aromatic rings. The molecule has 1 aromatic heterocycles. The lowest BCUT2D eigenvalue weighted by Gasteiger charge is -2.23. The van der Waals surface area contributed by atoms with Crippen molar-refractivity contribution in [2.75, 3.05) is 0 Å². The fraction of sp³-hybridized carbons (Fsp3) is 0.200. The average Bonchev–Trinajstić information content (AvgIpc) is 3.37. The van der Waals surface area contributed by atoms with Gasteiger partial charge in [0.05, 0.1) is 11.0 Å². The molecular weight excluding hydrogens is 448 g/mol. The highest BCUT2D eigenvalue weighted by atomic mass is 15.0. The molecule has 2 nitrogen and oxygen atoms in total. The summed E-state index contributed by atoms with van der Waals surface area (Å²) in [4.78, 5) is 0. The predicted molar refractivity (Wildman–Crippen MR) is 157 cm³/mol. The molecule has 1 atom stereocenters. The maximum absolute atomic E-state index is 6.10. The van der Waals surface area contributed by atoms with Gasteiger partial charge < -0.3 is 10.3 Å². The fourth-order valence-electron chi connectivity index (χ4n) is 6.71. The minimum Gasteiger partial charge on any atom is -0.326 e. The van der Waals surface area contributed by atoms with Gasteiger partial charge >= 0.3 is 0 Å². The topological polar surface area (TPSA) is 30.9 Å². The van der Waals surface area contributed by atoms with Crippen molar-refractivity contribution in [3.8, 4) is 16.8 Å². The molecule has 0 saturated heterocycles. The van der Waals surface area contributed by atoms with Crippen molar-refractivity contribution in [1.29, 1.82) is 0 Å². The SMILES string of the molecule is CC1C=CC=C(c2ccc3c4ccc5c(c4n(-c4cccc(CN)c4)c3c2)C(C)(C)c2ccccc2-5)C1. The average molecular weight is 481 g/mol. The van der Waals surface area contributed by atoms with Crippen molar-refractivity contribution in [2.45, 2.75) is 39.2 Å². The molecule has 2 aliphatic carbocycles. The molecule has 0 fully saturated rings. The molecule has 2 heteroatoms. The smallest absolute Gasteiger partial charge is 0.0588 e. The van der Waals surface area contributed by atoms with Crippen LogP contribution in [0.4, 0.5) is 0 Å². The number of fused-ring (bicyclic) bond motifs is 7. The third-order valence-electron chi connectivity index (χ3n) is 8.50. The number of nitrogens with two attached hydrogens (primary N) is 1. The van der Waals surface area contributed by atoms with Gasteiger partial charge in [-0.1, -0.05) is 99.7 Å². The normalized spacial score (nSPS) is 17.7. The second-order valence-electron chi connectivity index (χ2n) is 11.3. The van der Waals surface area contributed by atoms with Gasteiger partial charge in [0.1, 0.15) is 0 Å². The summed E-state index contributed by atoms with van der Waals surface area (Å²) in [6, 6.07) is 29.4. The molecule has 4 aromatic carbocycles. The molecule has 182 valence electrons. The zero-order valence-corrected chi connectivity index (χ0v) is 21.8. The van der Waals surface area contributed by atoms with Crippen molar-refractivity contribution in [3.63, 3.8) is 0 Å². The summed E-state index contributed by atoms with van der Waals surface area (Å²) in [6.07, 6.45) is 7.85. The highest BCUT2D eigenvalue weighted by molar-refractivity contribution is 6.13. The lowest BCUT2D eigenvalue weighted by molar-refractivity contribution is 0.664. The Morgan fingerprint density at radius 2 is 1.73 bits per heavy atom. The first-order valence-electron chi connectivity index (χ1n) is 13.4. The Morgan fingerprint density at radius 3 is 2.57 bits per heavy atom. The summed E-state index contributed by atoms with van der Waals surface area (Å²) < 4.78 is 2.50. The number of rotatable bonds is 3. The van der Waals surface area contributed by atoms with E-state index in [1.165, 1.54) is 60.9 Å². The highest BCUT2D eigenvalue weighted by Crippen LogP contribution is 2.53. The highest BCUT2D eigenvalue weighted by Gasteiger charge is 2.38. The van der Waals surface area contributed by atoms with Gasteiger partial charge in [0.15, 0.2) is 0 Å². The third kappa shape index (κ3) is 3.22. The molecule has 37 heavy (non-hydrogen) atoms. The number of hydrogen-bond donors (Lipinski definition) is 1. The van der Waals surface area contributed by atoms with E-state index in [4.69, 9.17) is 5.73 Å². The quantitative estimate of drug-likeness (QED) is 0.276. The standard InChI is InChI=1S/C35H32N2/c1-22-8-6-10-24(18-22)25-14-15-28-30-17-16-29-27-12-4-5-13-31(27)35(2,3)33(29)34(30)37(32(28)20-25)26-11-7-9-23(19-26)21-36/h4-17,19-20,22H,18,21,36H2,1-3H3. The maximum atomic E-state index is 6.10. The van der Waals surface area contributed by atoms with Gasteiger partial charge in [-0.2, -0.15) is 0 Å². The fourth-order valence-corrected chi connectivity index (χ4v) is 6.71. The van der Waals surface area contributed by atoms with Crippen molar-refractivity contribution >= 4 is 27.4 Å². The van der Waals surface area contributed by atoms with E-state index in [1.807, 2.05) is 0 Å². The minimum absolute atomic E-state index is 0.0992. The number of hydrogen-bond acceptors (Lipinski definition) is 1. The summed E-state index contributed by atoms with van der Waals surface area (Å²) in [5.74, 6) is 0.561. The zero-order valence-electron chi connectivity index (χ0n) is 21.8. The summed E-state index contributed by atoms with van der Waals surface area (Å²) in [5.41, 5.74) is 19.1. The monoisotopic (exact) mass is 480 g/mol. The van der Waals surface area contributed by atoms with Crippen LogP contribution in [0.2, 0.25) is 0 Å². The van der Waals surface area contributed by atoms with Crippen molar-refractivity contribution in [2.24, 2.45) is 11.7 Å². The number of aromatic nitrogens is 1. The van der Waals surface area contributed by atoms with Gasteiger partial charge in [-0.15, -0.1) is 0 Å². The van der Waals surface area contributed by atoms with Crippen LogP contribution >= 0.6 is 0 Å². The van der Waals surface area contributed by atoms with E-state index in [-0.39, 0.29) is 5.41 Å². The van der Waals surface area contributed by atoms with Crippen LogP contribution in [-0.4, -0.2) is 4.57 Å². The van der Waals surface area contributed by atoms with Gasteiger partial charge in [0, 0.05) is 28.4 Å². The van der Waals surface area contributed by atoms with E-state index >= 15 is 0 Å². The first-order valence-corrected chi connectivity index (χ1v) is 13.4. The van der Waals surface area contributed by atoms with Crippen LogP contribution in [-0.2, 0) is 12.0 Å². The summed E-state index contributed by atoms with van der Waals surface area (Å²) >= 11 is 0. The van der Waals surface area contributed by atoms with Crippen LogP contribution in [0.1, 0.15) is 49.4 Å². The molecule has 2 aliphatic rings. The second-order valence-corrected chi connectivity index (χ2v) is 11.3. The molecule has 1 heterocycles. The second kappa shape index (κ2) is 8.06. The third-order valence-corrected chi connectivity index (χ3v) is 8.50. The molecule has 0 saturated carbocycles. The molecule has 0 spiro atoms. The number of benzene rings is 4. The van der Waals surface area contributed by atoms with Gasteiger partial charge in [-0.05, 0) is 69.5 Å². The van der Waals surface area contributed by atoms with Gasteiger partial charge in [-0.25, -0.2) is 0 Å². The zero-order chi connectivity index (χ0) is 25.3. The predicted octanol–water partition coefficient (Wildman–Crippen LogP) is 8.53. The van der Waals surface area contributed by atoms with Crippen molar-refractivity contribution in [1.82, 2.24) is 4.57 Å². The molecule has 0 radical (unpaired) electrons. The molecule has 0 amide bonds. The molecule has 2 N–H and O–H groups in total. The van der Waals surface area contributed by atoms with E-state index in [0.29, 0.717) is 12.5 Å². The van der Waals surface area contributed by atoms with Crippen LogP contribution in [0.3, 0.4) is 0 Å². The van der Waals surface area contributed by atoms with Crippen LogP contribution in [0.25, 0.3) is 44.2 Å². The van der Waals surface area contributed by atoms with E-state index in [9.17, 15) is 0 Å². The molecule has 7 rings (SSSR count). The molecule has 0 aliphatic heterocycles. The number of nitrogens with zero attached hydrogens (tertiary/aromatic N) is 1. The first-order chi connectivity index (χ1) is 18.0. The summed E-state index contributed by atoms with van der Waals surface area (Å²) in [5, 5.41) is 2.61. The Morgan fingerprint density at radius 1 is 0.892 bits per heavy atom. The van der Waals surface area contributed by atoms with Crippen LogP contribution in [0, 0.1) is 5.92 Å². The summed E-state index contributed by atoms with van der Waals surface area (Å²) in [6.45, 7) is 7.57. The molecule has 1 unspecified atom stereocenters. The van der Waals surface area contributed by atoms with Gasteiger partial charge in [0.2, 0.25) is 0 Å². The number of allylic oxidation sites excluding steroid dienone is 4. The Labute approximate surface area is 218 Å². The van der Waals surface area contributed by atoms with Crippen LogP contribution in [0.5, 0.6) is 0 Å². The van der Waals surface area contributed by atoms with E-state index in [1.54, 1.807) is 0 Å². The lowest BCUT2D eigenvalue weighted by atomic mass is 9.81. The van der Waals surface area contributed by atoms with Crippen LogP contribution < -0.4 is 5.73 Å². The maximum Gasteiger partial charge on any atom is 0.0588 e. The Kier molecular flexibility index (Phi) is 4.86. The Balaban J connectivity index is 1.61. The summed E-state index contributed by atoms with van der Waals surface area (Å²) in [7, 11) is 0. The van der Waals surface area contributed by atoms with Crippen molar-refractivity contribution < 1.29 is 0 Å². The first kappa shape index (κ1) is 22.3. The van der Waals surface area contributed by atoms with Gasteiger partial charge in [-0.3, -0.25) is 0 Å². The minimum atomic E-state index is -0.0992. The van der Waals surface area contributed by atoms with Gasteiger partial charge in [0.25, 0.3) is 0 Å². The molecule has 0 bridgehead atoms. The van der Waals surface area contributed by atoms with E-state index < -0.39 is 0 Å². The Bertz CT molecular complexity index is 1780. The van der Waals surface area contributed by atoms with Crippen LogP contribution in [0.15, 0.2) is 97.1 Å².